The summed E-state index contributed by atoms with van der Waals surface area (Å²) in [5, 5.41) is 8.93. The van der Waals surface area contributed by atoms with E-state index >= 15 is 0 Å². The van der Waals surface area contributed by atoms with Gasteiger partial charge in [-0.1, -0.05) is 123 Å². The van der Waals surface area contributed by atoms with Gasteiger partial charge in [0.05, 0.1) is 13.2 Å². The van der Waals surface area contributed by atoms with Gasteiger partial charge in [0.25, 0.3) is 0 Å². The van der Waals surface area contributed by atoms with Gasteiger partial charge in [0.1, 0.15) is 0 Å². The van der Waals surface area contributed by atoms with Gasteiger partial charge < -0.3 is 9.84 Å². The Balaban J connectivity index is 3.57. The Bertz CT molecular complexity index is 255. The Morgan fingerprint density at radius 3 is 1.30 bits per heavy atom. The molecule has 0 aliphatic heterocycles. The molecule has 0 aliphatic carbocycles. The van der Waals surface area contributed by atoms with E-state index in [0.29, 0.717) is 12.5 Å². The third kappa shape index (κ3) is 22.1. The number of ether oxygens (including phenoxy) is 1. The topological polar surface area (TPSA) is 29.5 Å². The molecule has 0 aromatic carbocycles. The van der Waals surface area contributed by atoms with Crippen LogP contribution in [0.5, 0.6) is 0 Å². The number of rotatable bonds is 23. The van der Waals surface area contributed by atoms with Gasteiger partial charge in [-0.3, -0.25) is 0 Å². The number of aliphatic hydroxyl groups excluding tert-OH is 1. The van der Waals surface area contributed by atoms with Gasteiger partial charge in [0, 0.05) is 6.61 Å². The van der Waals surface area contributed by atoms with Crippen molar-refractivity contribution >= 4 is 0 Å². The van der Waals surface area contributed by atoms with Crippen molar-refractivity contribution in [1.29, 1.82) is 0 Å². The van der Waals surface area contributed by atoms with Crippen molar-refractivity contribution in [3.63, 3.8) is 0 Å². The highest BCUT2D eigenvalue weighted by Crippen LogP contribution is 2.20. The van der Waals surface area contributed by atoms with Crippen LogP contribution in [0.2, 0.25) is 0 Å². The molecule has 164 valence electrons. The van der Waals surface area contributed by atoms with Gasteiger partial charge >= 0.3 is 0 Å². The lowest BCUT2D eigenvalue weighted by Gasteiger charge is -2.17. The maximum Gasteiger partial charge on any atom is 0.0697 e. The van der Waals surface area contributed by atoms with Crippen LogP contribution < -0.4 is 0 Å². The van der Waals surface area contributed by atoms with E-state index in [1.165, 1.54) is 122 Å². The minimum Gasteiger partial charge on any atom is -0.394 e. The van der Waals surface area contributed by atoms with Crippen LogP contribution in [0.25, 0.3) is 0 Å². The first-order valence-corrected chi connectivity index (χ1v) is 12.5. The average Bonchev–Trinajstić information content (AvgIpc) is 2.68. The van der Waals surface area contributed by atoms with Crippen LogP contribution in [0.1, 0.15) is 136 Å². The second-order valence-corrected chi connectivity index (χ2v) is 8.55. The zero-order valence-corrected chi connectivity index (χ0v) is 19.0. The standard InChI is InChI=1S/C25H52O2/c1-3-5-7-9-11-12-13-14-15-17-19-21-25(24-27-23-22-26)20-18-16-10-8-6-4-2/h25-26H,3-24H2,1-2H3. The summed E-state index contributed by atoms with van der Waals surface area (Å²) in [4.78, 5) is 0. The van der Waals surface area contributed by atoms with E-state index in [-0.39, 0.29) is 6.61 Å². The van der Waals surface area contributed by atoms with Crippen LogP contribution in [-0.4, -0.2) is 24.9 Å². The zero-order chi connectivity index (χ0) is 19.8. The van der Waals surface area contributed by atoms with E-state index in [4.69, 9.17) is 9.84 Å². The molecular weight excluding hydrogens is 332 g/mol. The Morgan fingerprint density at radius 1 is 0.556 bits per heavy atom. The van der Waals surface area contributed by atoms with Crippen LogP contribution in [-0.2, 0) is 4.74 Å². The van der Waals surface area contributed by atoms with Crippen molar-refractivity contribution in [3.8, 4) is 0 Å². The summed E-state index contributed by atoms with van der Waals surface area (Å²) < 4.78 is 5.64. The molecule has 0 radical (unpaired) electrons. The molecular formula is C25H52O2. The largest absolute Gasteiger partial charge is 0.394 e. The minimum absolute atomic E-state index is 0.155. The molecule has 27 heavy (non-hydrogen) atoms. The Morgan fingerprint density at radius 2 is 0.926 bits per heavy atom. The third-order valence-corrected chi connectivity index (χ3v) is 5.77. The molecule has 2 heteroatoms. The summed E-state index contributed by atoms with van der Waals surface area (Å²) in [5.41, 5.74) is 0. The summed E-state index contributed by atoms with van der Waals surface area (Å²) >= 11 is 0. The molecule has 0 saturated heterocycles. The van der Waals surface area contributed by atoms with Gasteiger partial charge in [0.15, 0.2) is 0 Å². The fraction of sp³-hybridized carbons (Fsp3) is 1.00. The summed E-state index contributed by atoms with van der Waals surface area (Å²) in [6.07, 6.45) is 26.5. The lowest BCUT2D eigenvalue weighted by atomic mass is 9.94. The highest BCUT2D eigenvalue weighted by atomic mass is 16.5. The lowest BCUT2D eigenvalue weighted by Crippen LogP contribution is -2.12. The normalized spacial score (nSPS) is 12.6. The first-order chi connectivity index (χ1) is 13.3. The third-order valence-electron chi connectivity index (χ3n) is 5.77. The number of hydrogen-bond acceptors (Lipinski definition) is 2. The average molecular weight is 385 g/mol. The highest BCUT2D eigenvalue weighted by molar-refractivity contribution is 4.61. The van der Waals surface area contributed by atoms with E-state index in [1.807, 2.05) is 0 Å². The predicted octanol–water partition coefficient (Wildman–Crippen LogP) is 8.06. The summed E-state index contributed by atoms with van der Waals surface area (Å²) in [5.74, 6) is 0.710. The second kappa shape index (κ2) is 24.0. The molecule has 0 heterocycles. The van der Waals surface area contributed by atoms with E-state index in [1.54, 1.807) is 0 Å². The van der Waals surface area contributed by atoms with Gasteiger partial charge in [-0.05, 0) is 18.8 Å². The summed E-state index contributed by atoms with van der Waals surface area (Å²) in [7, 11) is 0. The molecule has 0 saturated carbocycles. The Hall–Kier alpha value is -0.0800. The molecule has 0 aliphatic rings. The first-order valence-electron chi connectivity index (χ1n) is 12.5. The molecule has 1 N–H and O–H groups in total. The molecule has 0 spiro atoms. The molecule has 2 nitrogen and oxygen atoms in total. The van der Waals surface area contributed by atoms with E-state index in [2.05, 4.69) is 13.8 Å². The molecule has 1 atom stereocenters. The van der Waals surface area contributed by atoms with Crippen molar-refractivity contribution < 1.29 is 9.84 Å². The van der Waals surface area contributed by atoms with Gasteiger partial charge in [-0.2, -0.15) is 0 Å². The fourth-order valence-corrected chi connectivity index (χ4v) is 3.94. The number of unbranched alkanes of at least 4 members (excludes halogenated alkanes) is 15. The van der Waals surface area contributed by atoms with Gasteiger partial charge in [0.2, 0.25) is 0 Å². The van der Waals surface area contributed by atoms with Crippen molar-refractivity contribution in [1.82, 2.24) is 0 Å². The van der Waals surface area contributed by atoms with Gasteiger partial charge in [-0.15, -0.1) is 0 Å². The molecule has 0 bridgehead atoms. The Kier molecular flexibility index (Phi) is 23.9. The van der Waals surface area contributed by atoms with E-state index < -0.39 is 0 Å². The van der Waals surface area contributed by atoms with Crippen molar-refractivity contribution in [3.05, 3.63) is 0 Å². The molecule has 1 unspecified atom stereocenters. The number of aliphatic hydroxyl groups is 1. The fourth-order valence-electron chi connectivity index (χ4n) is 3.94. The molecule has 0 aromatic heterocycles. The molecule has 0 aromatic rings. The lowest BCUT2D eigenvalue weighted by molar-refractivity contribution is 0.0619. The van der Waals surface area contributed by atoms with Crippen LogP contribution in [0, 0.1) is 5.92 Å². The van der Waals surface area contributed by atoms with Crippen LogP contribution in [0.4, 0.5) is 0 Å². The van der Waals surface area contributed by atoms with E-state index in [0.717, 1.165) is 6.61 Å². The second-order valence-electron chi connectivity index (χ2n) is 8.55. The van der Waals surface area contributed by atoms with Crippen LogP contribution in [0.15, 0.2) is 0 Å². The van der Waals surface area contributed by atoms with Crippen molar-refractivity contribution in [2.75, 3.05) is 19.8 Å². The maximum absolute atomic E-state index is 8.93. The van der Waals surface area contributed by atoms with Crippen LogP contribution >= 0.6 is 0 Å². The molecule has 0 rings (SSSR count). The molecule has 0 amide bonds. The van der Waals surface area contributed by atoms with E-state index in [9.17, 15) is 0 Å². The highest BCUT2D eigenvalue weighted by Gasteiger charge is 2.09. The smallest absolute Gasteiger partial charge is 0.0697 e. The monoisotopic (exact) mass is 384 g/mol. The Labute approximate surface area is 171 Å². The minimum atomic E-state index is 0.155. The summed E-state index contributed by atoms with van der Waals surface area (Å²) in [6.45, 7) is 6.08. The quantitative estimate of drug-likeness (QED) is 0.180. The molecule has 0 fully saturated rings. The SMILES string of the molecule is CCCCCCCCCCCCCC(CCCCCCCC)COCCO. The van der Waals surface area contributed by atoms with Crippen molar-refractivity contribution in [2.24, 2.45) is 5.92 Å². The zero-order valence-electron chi connectivity index (χ0n) is 19.0. The first kappa shape index (κ1) is 26.9. The number of hydrogen-bond donors (Lipinski definition) is 1. The maximum atomic E-state index is 8.93. The van der Waals surface area contributed by atoms with Crippen LogP contribution in [0.3, 0.4) is 0 Å². The summed E-state index contributed by atoms with van der Waals surface area (Å²) in [6, 6.07) is 0. The van der Waals surface area contributed by atoms with Gasteiger partial charge in [-0.25, -0.2) is 0 Å². The van der Waals surface area contributed by atoms with Crippen molar-refractivity contribution in [2.45, 2.75) is 136 Å². The predicted molar refractivity (Wildman–Crippen MR) is 120 cm³/mol.